The van der Waals surface area contributed by atoms with Crippen molar-refractivity contribution in [3.63, 3.8) is 0 Å². The summed E-state index contributed by atoms with van der Waals surface area (Å²) in [6.45, 7) is 9.53. The minimum absolute atomic E-state index is 0.544. The van der Waals surface area contributed by atoms with E-state index < -0.39 is 7.26 Å². The summed E-state index contributed by atoms with van der Waals surface area (Å²) in [5.41, 5.74) is 9.19. The fourth-order valence-electron chi connectivity index (χ4n) is 6.43. The number of fused-ring (bicyclic) bond motifs is 1. The first-order valence-electron chi connectivity index (χ1n) is 16.0. The van der Waals surface area contributed by atoms with Gasteiger partial charge in [0, 0.05) is 0 Å². The summed E-state index contributed by atoms with van der Waals surface area (Å²) >= 11 is 1.77. The zero-order valence-corrected chi connectivity index (χ0v) is 31.4. The number of ether oxygens (including phenoxy) is 1. The molecule has 6 rings (SSSR count). The van der Waals surface area contributed by atoms with Crippen LogP contribution in [0.3, 0.4) is 0 Å². The van der Waals surface area contributed by atoms with Gasteiger partial charge in [-0.05, 0) is 0 Å². The molecule has 1 aromatic heterocycles. The molecule has 0 saturated carbocycles. The number of aryl methyl sites for hydroxylation is 1. The van der Waals surface area contributed by atoms with Gasteiger partial charge in [0.1, 0.15) is 0 Å². The van der Waals surface area contributed by atoms with E-state index in [0.29, 0.717) is 13.2 Å². The van der Waals surface area contributed by atoms with Gasteiger partial charge >= 0.3 is 296 Å². The third-order valence-electron chi connectivity index (χ3n) is 8.90. The maximum atomic E-state index is 5.96. The molecule has 0 unspecified atom stereocenters. The van der Waals surface area contributed by atoms with Gasteiger partial charge in [0.2, 0.25) is 0 Å². The van der Waals surface area contributed by atoms with Gasteiger partial charge in [-0.15, -0.1) is 0 Å². The molecule has 0 radical (unpaired) electrons. The molecule has 6 heteroatoms. The molecule has 4 nitrogen and oxygen atoms in total. The standard InChI is InChI=1S/C42H38N3OP.Os/c1-7-18-39-30(3)31(4)40(42-41(39)43-45(6)44-42)26-25-34(27-35-29-46-28-33(35)8-2)32(5)47(36-19-12-9-13-20-36,37-21-14-10-15-22-37)38-23-16-11-17-24-38;/h7-24,27H,28-29H2,1-4,6H3;/q+1;/b18-7+,33-8?,34-32?,35-27?;. The van der Waals surface area contributed by atoms with Gasteiger partial charge in [0.15, 0.2) is 0 Å². The summed E-state index contributed by atoms with van der Waals surface area (Å²) in [7, 11) is -0.612. The maximum absolute atomic E-state index is 5.96. The molecule has 0 spiro atoms. The van der Waals surface area contributed by atoms with Crippen LogP contribution in [0.25, 0.3) is 17.1 Å². The van der Waals surface area contributed by atoms with Crippen LogP contribution in [0, 0.1) is 30.1 Å². The summed E-state index contributed by atoms with van der Waals surface area (Å²) in [4.78, 5) is 1.64. The van der Waals surface area contributed by atoms with Crippen LogP contribution in [0.5, 0.6) is 0 Å². The fourth-order valence-corrected chi connectivity index (χ4v) is 12.2. The topological polar surface area (TPSA) is 39.9 Å². The van der Waals surface area contributed by atoms with E-state index in [9.17, 15) is 0 Å². The van der Waals surface area contributed by atoms with Crippen LogP contribution < -0.4 is 15.9 Å². The molecule has 0 aliphatic carbocycles. The van der Waals surface area contributed by atoms with Gasteiger partial charge < -0.3 is 0 Å². The molecule has 4 aromatic carbocycles. The summed E-state index contributed by atoms with van der Waals surface area (Å²) in [5.74, 6) is 7.40. The van der Waals surface area contributed by atoms with Crippen molar-refractivity contribution in [2.24, 2.45) is 7.05 Å². The second-order valence-electron chi connectivity index (χ2n) is 11.7. The number of allylic oxidation sites excluding steroid dienone is 5. The molecule has 239 valence electrons. The van der Waals surface area contributed by atoms with Gasteiger partial charge in [-0.1, -0.05) is 0 Å². The van der Waals surface area contributed by atoms with Crippen molar-refractivity contribution < 1.29 is 22.7 Å². The number of rotatable bonds is 6. The molecule has 2 heterocycles. The molecule has 1 aliphatic rings. The second-order valence-corrected chi connectivity index (χ2v) is 15.7. The van der Waals surface area contributed by atoms with Crippen molar-refractivity contribution >= 4 is 40.3 Å². The van der Waals surface area contributed by atoms with E-state index in [0.717, 1.165) is 49.7 Å². The van der Waals surface area contributed by atoms with Crippen molar-refractivity contribution in [3.05, 3.63) is 154 Å². The molecule has 0 bridgehead atoms. The Bertz CT molecular complexity index is 2110. The van der Waals surface area contributed by atoms with E-state index in [-0.39, 0.29) is 0 Å². The molecule has 0 N–H and O–H groups in total. The number of hydrogen-bond acceptors (Lipinski definition) is 3. The van der Waals surface area contributed by atoms with Crippen molar-refractivity contribution in [1.29, 1.82) is 0 Å². The third-order valence-corrected chi connectivity index (χ3v) is 14.3. The van der Waals surface area contributed by atoms with E-state index in [1.807, 2.05) is 14.0 Å². The fraction of sp³-hybridized carbons (Fsp3) is 0.167. The predicted molar refractivity (Wildman–Crippen MR) is 198 cm³/mol. The van der Waals surface area contributed by atoms with Crippen LogP contribution in [-0.4, -0.2) is 28.2 Å². The Morgan fingerprint density at radius 3 is 1.85 bits per heavy atom. The Kier molecular flexibility index (Phi) is 10.3. The first-order valence-corrected chi connectivity index (χ1v) is 19.1. The number of hydrogen-bond donors (Lipinski definition) is 0. The third kappa shape index (κ3) is 6.15. The SMILES string of the molecule is CC=C1COCC1=CC(C#Cc1c(C)c(C)c(/C=C/C)c2nn(C)nc12)=C([C]#[Os])[P+](c1ccccc1)(c1ccccc1)c1ccccc1. The average molecular weight is 822 g/mol. The normalized spacial score (nSPS) is 15.5. The first kappa shape index (κ1) is 33.5. The summed E-state index contributed by atoms with van der Waals surface area (Å²) in [6, 6.07) is 32.7. The summed E-state index contributed by atoms with van der Waals surface area (Å²) in [5, 5.41) is 14.4. The molecular formula is C42H38N3OOsP+. The summed E-state index contributed by atoms with van der Waals surface area (Å²) < 4.78 is 9.75. The molecular weight excluding hydrogens is 784 g/mol. The molecule has 48 heavy (non-hydrogen) atoms. The zero-order chi connectivity index (χ0) is 33.7. The van der Waals surface area contributed by atoms with Crippen LogP contribution >= 0.6 is 7.26 Å². The Balaban J connectivity index is 1.76. The Hall–Kier alpha value is -4.39. The average Bonchev–Trinajstić information content (AvgIpc) is 3.75. The van der Waals surface area contributed by atoms with Crippen molar-refractivity contribution in [2.45, 2.75) is 27.7 Å². The van der Waals surface area contributed by atoms with Crippen molar-refractivity contribution in [2.75, 3.05) is 13.2 Å². The predicted octanol–water partition coefficient (Wildman–Crippen LogP) is 7.63. The van der Waals surface area contributed by atoms with E-state index in [1.54, 1.807) is 22.7 Å². The number of aromatic nitrogens is 3. The van der Waals surface area contributed by atoms with Crippen LogP contribution in [0.15, 0.2) is 131 Å². The van der Waals surface area contributed by atoms with Gasteiger partial charge in [-0.25, -0.2) is 0 Å². The van der Waals surface area contributed by atoms with Crippen LogP contribution in [-0.2, 0) is 29.7 Å². The molecule has 0 amide bonds. The van der Waals surface area contributed by atoms with Crippen molar-refractivity contribution in [1.82, 2.24) is 15.0 Å². The number of nitrogens with zero attached hydrogens (tertiary/aromatic N) is 3. The summed E-state index contributed by atoms with van der Waals surface area (Å²) in [6.07, 6.45) is 8.56. The Morgan fingerprint density at radius 2 is 1.33 bits per heavy atom. The molecule has 1 fully saturated rings. The molecule has 1 saturated heterocycles. The quantitative estimate of drug-likeness (QED) is 0.131. The van der Waals surface area contributed by atoms with Gasteiger partial charge in [-0.3, -0.25) is 0 Å². The van der Waals surface area contributed by atoms with E-state index in [2.05, 4.69) is 152 Å². The second kappa shape index (κ2) is 14.8. The van der Waals surface area contributed by atoms with E-state index in [4.69, 9.17) is 14.9 Å². The number of benzene rings is 4. The minimum atomic E-state index is -2.48. The zero-order valence-electron chi connectivity index (χ0n) is 27.9. The van der Waals surface area contributed by atoms with Crippen LogP contribution in [0.4, 0.5) is 0 Å². The molecule has 0 atom stereocenters. The van der Waals surface area contributed by atoms with E-state index in [1.165, 1.54) is 21.5 Å². The van der Waals surface area contributed by atoms with E-state index >= 15 is 0 Å². The van der Waals surface area contributed by atoms with Gasteiger partial charge in [0.25, 0.3) is 0 Å². The Labute approximate surface area is 294 Å². The van der Waals surface area contributed by atoms with Crippen LogP contribution in [0.2, 0.25) is 0 Å². The van der Waals surface area contributed by atoms with Crippen molar-refractivity contribution in [3.8, 4) is 16.2 Å². The monoisotopic (exact) mass is 823 g/mol. The molecule has 5 aromatic rings. The van der Waals surface area contributed by atoms with Gasteiger partial charge in [-0.2, -0.15) is 0 Å². The first-order chi connectivity index (χ1) is 23.4. The molecule has 1 aliphatic heterocycles. The van der Waals surface area contributed by atoms with Gasteiger partial charge in [0.05, 0.1) is 0 Å². The Morgan fingerprint density at radius 1 is 0.792 bits per heavy atom. The van der Waals surface area contributed by atoms with Crippen LogP contribution in [0.1, 0.15) is 36.1 Å².